The number of nitrogens with zero attached hydrogens (tertiary/aromatic N) is 1. The molecule has 0 radical (unpaired) electrons. The number of sulfonamides is 1. The van der Waals surface area contributed by atoms with E-state index >= 15 is 0 Å². The van der Waals surface area contributed by atoms with Crippen LogP contribution in [-0.4, -0.2) is 32.6 Å². The van der Waals surface area contributed by atoms with Crippen molar-refractivity contribution in [1.29, 1.82) is 0 Å². The van der Waals surface area contributed by atoms with Crippen LogP contribution in [0.3, 0.4) is 0 Å². The van der Waals surface area contributed by atoms with Gasteiger partial charge in [0, 0.05) is 36.2 Å². The molecule has 0 spiro atoms. The highest BCUT2D eigenvalue weighted by atomic mass is 35.5. The minimum absolute atomic E-state index is 0. The Balaban J connectivity index is 0.00000220. The molecular formula is C14H22ClN3O2S. The summed E-state index contributed by atoms with van der Waals surface area (Å²) < 4.78 is 29.7. The van der Waals surface area contributed by atoms with Crippen molar-refractivity contribution in [2.24, 2.45) is 7.05 Å². The third-order valence-electron chi connectivity index (χ3n) is 3.68. The van der Waals surface area contributed by atoms with Gasteiger partial charge in [-0.05, 0) is 27.0 Å². The van der Waals surface area contributed by atoms with Crippen LogP contribution in [0.2, 0.25) is 0 Å². The number of hydrogen-bond acceptors (Lipinski definition) is 3. The van der Waals surface area contributed by atoms with E-state index in [0.29, 0.717) is 11.4 Å². The summed E-state index contributed by atoms with van der Waals surface area (Å²) in [4.78, 5) is 0.374. The van der Waals surface area contributed by atoms with Gasteiger partial charge in [-0.3, -0.25) is 0 Å². The molecule has 0 fully saturated rings. The van der Waals surface area contributed by atoms with Gasteiger partial charge in [0.2, 0.25) is 10.0 Å². The summed E-state index contributed by atoms with van der Waals surface area (Å²) in [5, 5.41) is 3.78. The standard InChI is InChI=1S/C14H21N3O2S.ClH/c1-10(15-3)9-16-20(18,19)14-11(2)17(4)13-8-6-5-7-12(13)14;/h5-8,10,15-16H,9H2,1-4H3;1H. The van der Waals surface area contributed by atoms with Crippen LogP contribution in [0.4, 0.5) is 0 Å². The summed E-state index contributed by atoms with van der Waals surface area (Å²) in [5.41, 5.74) is 1.67. The lowest BCUT2D eigenvalue weighted by Gasteiger charge is -2.12. The largest absolute Gasteiger partial charge is 0.347 e. The van der Waals surface area contributed by atoms with E-state index in [-0.39, 0.29) is 18.4 Å². The lowest BCUT2D eigenvalue weighted by atomic mass is 10.2. The minimum atomic E-state index is -3.51. The number of halogens is 1. The normalized spacial score (nSPS) is 13.1. The fourth-order valence-electron chi connectivity index (χ4n) is 2.23. The summed E-state index contributed by atoms with van der Waals surface area (Å²) in [6, 6.07) is 7.63. The quantitative estimate of drug-likeness (QED) is 0.878. The van der Waals surface area contributed by atoms with Gasteiger partial charge < -0.3 is 9.88 Å². The van der Waals surface area contributed by atoms with E-state index in [1.54, 1.807) is 0 Å². The number of fused-ring (bicyclic) bond motifs is 1. The molecule has 0 aliphatic heterocycles. The molecule has 118 valence electrons. The summed E-state index contributed by atoms with van der Waals surface area (Å²) in [5.74, 6) is 0. The molecule has 1 heterocycles. The average molecular weight is 332 g/mol. The van der Waals surface area contributed by atoms with Gasteiger partial charge in [0.1, 0.15) is 4.90 Å². The smallest absolute Gasteiger partial charge is 0.243 e. The van der Waals surface area contributed by atoms with Crippen LogP contribution >= 0.6 is 12.4 Å². The van der Waals surface area contributed by atoms with E-state index in [9.17, 15) is 8.42 Å². The average Bonchev–Trinajstić information content (AvgIpc) is 2.69. The second-order valence-corrected chi connectivity index (χ2v) is 6.74. The molecule has 1 aromatic heterocycles. The zero-order valence-corrected chi connectivity index (χ0v) is 14.3. The molecule has 0 aliphatic carbocycles. The van der Waals surface area contributed by atoms with Gasteiger partial charge in [0.15, 0.2) is 0 Å². The van der Waals surface area contributed by atoms with Crippen molar-refractivity contribution < 1.29 is 8.42 Å². The molecule has 0 amide bonds. The minimum Gasteiger partial charge on any atom is -0.347 e. The fourth-order valence-corrected chi connectivity index (χ4v) is 3.84. The lowest BCUT2D eigenvalue weighted by Crippen LogP contribution is -2.37. The van der Waals surface area contributed by atoms with Crippen LogP contribution in [0, 0.1) is 6.92 Å². The number of para-hydroxylation sites is 1. The van der Waals surface area contributed by atoms with Crippen molar-refractivity contribution in [3.63, 3.8) is 0 Å². The maximum Gasteiger partial charge on any atom is 0.243 e. The molecule has 1 unspecified atom stereocenters. The molecule has 7 heteroatoms. The Morgan fingerprint density at radius 2 is 1.90 bits per heavy atom. The van der Waals surface area contributed by atoms with Crippen LogP contribution in [-0.2, 0) is 17.1 Å². The van der Waals surface area contributed by atoms with Gasteiger partial charge in [-0.25, -0.2) is 13.1 Å². The molecular weight excluding hydrogens is 310 g/mol. The zero-order chi connectivity index (χ0) is 14.9. The van der Waals surface area contributed by atoms with Crippen molar-refractivity contribution in [2.75, 3.05) is 13.6 Å². The van der Waals surface area contributed by atoms with Gasteiger partial charge in [0.25, 0.3) is 0 Å². The van der Waals surface area contributed by atoms with Gasteiger partial charge in [-0.2, -0.15) is 0 Å². The first-order valence-corrected chi connectivity index (χ1v) is 8.07. The SMILES string of the molecule is CNC(C)CNS(=O)(=O)c1c(C)n(C)c2ccccc12.Cl. The van der Waals surface area contributed by atoms with Crippen molar-refractivity contribution in [3.8, 4) is 0 Å². The van der Waals surface area contributed by atoms with Crippen molar-refractivity contribution in [2.45, 2.75) is 24.8 Å². The predicted octanol–water partition coefficient (Wildman–Crippen LogP) is 1.79. The van der Waals surface area contributed by atoms with Crippen molar-refractivity contribution in [1.82, 2.24) is 14.6 Å². The number of likely N-dealkylation sites (N-methyl/N-ethyl adjacent to an activating group) is 1. The molecule has 1 aromatic carbocycles. The van der Waals surface area contributed by atoms with E-state index < -0.39 is 10.0 Å². The molecule has 0 saturated heterocycles. The molecule has 21 heavy (non-hydrogen) atoms. The summed E-state index contributed by atoms with van der Waals surface area (Å²) in [6.07, 6.45) is 0. The highest BCUT2D eigenvalue weighted by Gasteiger charge is 2.23. The third-order valence-corrected chi connectivity index (χ3v) is 5.28. The first-order chi connectivity index (χ1) is 9.38. The van der Waals surface area contributed by atoms with Crippen LogP contribution in [0.25, 0.3) is 10.9 Å². The summed E-state index contributed by atoms with van der Waals surface area (Å²) in [6.45, 7) is 4.12. The van der Waals surface area contributed by atoms with Crippen molar-refractivity contribution >= 4 is 33.3 Å². The molecule has 2 N–H and O–H groups in total. The molecule has 0 bridgehead atoms. The van der Waals surface area contributed by atoms with Gasteiger partial charge >= 0.3 is 0 Å². The fraction of sp³-hybridized carbons (Fsp3) is 0.429. The van der Waals surface area contributed by atoms with Crippen LogP contribution in [0.15, 0.2) is 29.2 Å². The maximum absolute atomic E-state index is 12.5. The Morgan fingerprint density at radius 1 is 1.29 bits per heavy atom. The third kappa shape index (κ3) is 3.40. The highest BCUT2D eigenvalue weighted by molar-refractivity contribution is 7.89. The number of aryl methyl sites for hydroxylation is 1. The van der Waals surface area contributed by atoms with E-state index in [2.05, 4.69) is 10.0 Å². The Kier molecular flexibility index (Phi) is 5.81. The molecule has 2 rings (SSSR count). The number of hydrogen-bond donors (Lipinski definition) is 2. The number of nitrogens with one attached hydrogen (secondary N) is 2. The van der Waals surface area contributed by atoms with Crippen LogP contribution in [0.1, 0.15) is 12.6 Å². The molecule has 5 nitrogen and oxygen atoms in total. The summed E-state index contributed by atoms with van der Waals surface area (Å²) >= 11 is 0. The Labute approximate surface area is 132 Å². The molecule has 2 aromatic rings. The van der Waals surface area contributed by atoms with Gasteiger partial charge in [-0.15, -0.1) is 12.4 Å². The second kappa shape index (κ2) is 6.79. The van der Waals surface area contributed by atoms with E-state index in [1.807, 2.05) is 56.8 Å². The van der Waals surface area contributed by atoms with E-state index in [1.165, 1.54) is 0 Å². The predicted molar refractivity (Wildman–Crippen MR) is 88.6 cm³/mol. The van der Waals surface area contributed by atoms with E-state index in [0.717, 1.165) is 16.6 Å². The second-order valence-electron chi connectivity index (χ2n) is 5.03. The Bertz CT molecular complexity index is 725. The monoisotopic (exact) mass is 331 g/mol. The summed E-state index contributed by atoms with van der Waals surface area (Å²) in [7, 11) is 0.177. The first-order valence-electron chi connectivity index (χ1n) is 6.59. The van der Waals surface area contributed by atoms with Crippen LogP contribution < -0.4 is 10.0 Å². The van der Waals surface area contributed by atoms with Gasteiger partial charge in [0.05, 0.1) is 0 Å². The van der Waals surface area contributed by atoms with E-state index in [4.69, 9.17) is 0 Å². The molecule has 0 saturated carbocycles. The molecule has 1 atom stereocenters. The molecule has 0 aliphatic rings. The lowest BCUT2D eigenvalue weighted by molar-refractivity contribution is 0.554. The maximum atomic E-state index is 12.5. The van der Waals surface area contributed by atoms with Gasteiger partial charge in [-0.1, -0.05) is 18.2 Å². The Hall–Kier alpha value is -1.08. The number of rotatable bonds is 5. The highest BCUT2D eigenvalue weighted by Crippen LogP contribution is 2.28. The Morgan fingerprint density at radius 3 is 2.52 bits per heavy atom. The van der Waals surface area contributed by atoms with Crippen molar-refractivity contribution in [3.05, 3.63) is 30.0 Å². The zero-order valence-electron chi connectivity index (χ0n) is 12.7. The number of benzene rings is 1. The first kappa shape index (κ1) is 18.0. The van der Waals surface area contributed by atoms with Crippen LogP contribution in [0.5, 0.6) is 0 Å². The topological polar surface area (TPSA) is 63.1 Å². The number of aromatic nitrogens is 1.